The normalized spacial score (nSPS) is 32.5. The topological polar surface area (TPSA) is 89.0 Å². The first-order chi connectivity index (χ1) is 12.0. The fourth-order valence-corrected chi connectivity index (χ4v) is 6.30. The van der Waals surface area contributed by atoms with Crippen molar-refractivity contribution in [2.45, 2.75) is 44.8 Å². The minimum Gasteiger partial charge on any atom is -0.381 e. The predicted octanol–water partition coefficient (Wildman–Crippen LogP) is 1.18. The van der Waals surface area contributed by atoms with Gasteiger partial charge in [-0.2, -0.15) is 0 Å². The monoisotopic (exact) mass is 501 g/mol. The van der Waals surface area contributed by atoms with Gasteiger partial charge >= 0.3 is 0 Å². The largest absolute Gasteiger partial charge is 0.381 e. The van der Waals surface area contributed by atoms with Crippen molar-refractivity contribution in [1.29, 1.82) is 0 Å². The van der Waals surface area contributed by atoms with E-state index in [1.807, 2.05) is 6.92 Å². The third-order valence-corrected chi connectivity index (χ3v) is 7.83. The van der Waals surface area contributed by atoms with Crippen molar-refractivity contribution in [3.05, 3.63) is 0 Å². The van der Waals surface area contributed by atoms with Crippen molar-refractivity contribution in [1.82, 2.24) is 10.6 Å². The van der Waals surface area contributed by atoms with Gasteiger partial charge in [0.25, 0.3) is 0 Å². The van der Waals surface area contributed by atoms with Gasteiger partial charge in [-0.1, -0.05) is 0 Å². The van der Waals surface area contributed by atoms with E-state index in [0.717, 1.165) is 51.5 Å². The van der Waals surface area contributed by atoms with Gasteiger partial charge in [0, 0.05) is 44.9 Å². The van der Waals surface area contributed by atoms with Crippen LogP contribution in [0.2, 0.25) is 0 Å². The van der Waals surface area contributed by atoms with Gasteiger partial charge in [-0.05, 0) is 38.5 Å². The summed E-state index contributed by atoms with van der Waals surface area (Å²) in [6.45, 7) is 5.01. The standard InChI is InChI=1S/C17H31N3O4S.HI/c1-3-24-15-10-14(17(15)5-7-23-8-6-17)20-16(18-2)19-11-13-4-9-25(21,22)12-13;/h13-15H,3-12H2,1-2H3,(H2,18,19,20);1H. The summed E-state index contributed by atoms with van der Waals surface area (Å²) in [7, 11) is -1.07. The number of nitrogens with zero attached hydrogens (tertiary/aromatic N) is 1. The lowest BCUT2D eigenvalue weighted by Crippen LogP contribution is -2.67. The average Bonchev–Trinajstić information content (AvgIpc) is 2.96. The number of rotatable bonds is 5. The minimum absolute atomic E-state index is 0. The maximum Gasteiger partial charge on any atom is 0.191 e. The van der Waals surface area contributed by atoms with Crippen LogP contribution in [0, 0.1) is 11.3 Å². The van der Waals surface area contributed by atoms with E-state index in [2.05, 4.69) is 15.6 Å². The summed E-state index contributed by atoms with van der Waals surface area (Å²) in [5.41, 5.74) is 0.128. The zero-order valence-electron chi connectivity index (χ0n) is 15.7. The molecule has 0 aromatic heterocycles. The number of aliphatic imine (C=N–C) groups is 1. The Morgan fingerprint density at radius 3 is 2.65 bits per heavy atom. The van der Waals surface area contributed by atoms with Gasteiger partial charge in [-0.15, -0.1) is 24.0 Å². The van der Waals surface area contributed by atoms with Crippen LogP contribution >= 0.6 is 24.0 Å². The SMILES string of the molecule is CCOC1CC(NC(=NC)NCC2CCS(=O)(=O)C2)C12CCOCC2.I. The quantitative estimate of drug-likeness (QED) is 0.334. The van der Waals surface area contributed by atoms with Gasteiger partial charge < -0.3 is 20.1 Å². The van der Waals surface area contributed by atoms with Gasteiger partial charge in [-0.3, -0.25) is 4.99 Å². The summed E-state index contributed by atoms with van der Waals surface area (Å²) in [6.07, 6.45) is 4.02. The lowest BCUT2D eigenvalue weighted by atomic mass is 9.57. The van der Waals surface area contributed by atoms with Gasteiger partial charge in [0.1, 0.15) is 0 Å². The smallest absolute Gasteiger partial charge is 0.191 e. The van der Waals surface area contributed by atoms with Crippen LogP contribution in [0.25, 0.3) is 0 Å². The Morgan fingerprint density at radius 1 is 1.35 bits per heavy atom. The van der Waals surface area contributed by atoms with Crippen LogP contribution in [0.5, 0.6) is 0 Å². The van der Waals surface area contributed by atoms with Crippen molar-refractivity contribution in [3.8, 4) is 0 Å². The Morgan fingerprint density at radius 2 is 2.08 bits per heavy atom. The molecule has 3 atom stereocenters. The predicted molar refractivity (Wildman–Crippen MR) is 113 cm³/mol. The molecule has 152 valence electrons. The molecule has 3 unspecified atom stereocenters. The second kappa shape index (κ2) is 9.38. The Labute approximate surface area is 174 Å². The Bertz CT molecular complexity index is 593. The number of sulfone groups is 1. The molecule has 1 aliphatic carbocycles. The summed E-state index contributed by atoms with van der Waals surface area (Å²) in [4.78, 5) is 4.33. The molecular formula is C17H32IN3O4S. The molecule has 0 aromatic carbocycles. The van der Waals surface area contributed by atoms with Gasteiger partial charge in [0.15, 0.2) is 15.8 Å². The molecule has 7 nitrogen and oxygen atoms in total. The zero-order chi connectivity index (χ0) is 17.9. The van der Waals surface area contributed by atoms with Crippen LogP contribution < -0.4 is 10.6 Å². The molecule has 0 aromatic rings. The molecule has 26 heavy (non-hydrogen) atoms. The maximum atomic E-state index is 11.6. The van der Waals surface area contributed by atoms with Crippen LogP contribution in [-0.2, 0) is 19.3 Å². The van der Waals surface area contributed by atoms with Crippen LogP contribution in [0.3, 0.4) is 0 Å². The number of hydrogen-bond acceptors (Lipinski definition) is 5. The van der Waals surface area contributed by atoms with Gasteiger partial charge in [0.2, 0.25) is 0 Å². The molecular weight excluding hydrogens is 469 g/mol. The molecule has 0 radical (unpaired) electrons. The molecule has 3 fully saturated rings. The maximum absolute atomic E-state index is 11.6. The first kappa shape index (κ1) is 22.2. The Balaban J connectivity index is 0.00000243. The van der Waals surface area contributed by atoms with E-state index in [1.165, 1.54) is 0 Å². The third-order valence-electron chi connectivity index (χ3n) is 6.00. The average molecular weight is 501 g/mol. The van der Waals surface area contributed by atoms with Crippen molar-refractivity contribution >= 4 is 39.8 Å². The highest BCUT2D eigenvalue weighted by Crippen LogP contribution is 2.50. The van der Waals surface area contributed by atoms with Crippen molar-refractivity contribution in [3.63, 3.8) is 0 Å². The summed E-state index contributed by atoms with van der Waals surface area (Å²) >= 11 is 0. The summed E-state index contributed by atoms with van der Waals surface area (Å²) in [5, 5.41) is 6.87. The van der Waals surface area contributed by atoms with Crippen LogP contribution in [0.1, 0.15) is 32.6 Å². The highest BCUT2D eigenvalue weighted by molar-refractivity contribution is 14.0. The van der Waals surface area contributed by atoms with Crippen molar-refractivity contribution in [2.75, 3.05) is 44.9 Å². The zero-order valence-corrected chi connectivity index (χ0v) is 18.8. The molecule has 1 saturated carbocycles. The van der Waals surface area contributed by atoms with E-state index in [-0.39, 0.29) is 47.2 Å². The molecule has 2 aliphatic heterocycles. The van der Waals surface area contributed by atoms with E-state index in [0.29, 0.717) is 18.3 Å². The van der Waals surface area contributed by atoms with Crippen molar-refractivity contribution in [2.24, 2.45) is 16.3 Å². The first-order valence-electron chi connectivity index (χ1n) is 9.36. The molecule has 2 saturated heterocycles. The van der Waals surface area contributed by atoms with E-state index in [4.69, 9.17) is 9.47 Å². The summed E-state index contributed by atoms with van der Waals surface area (Å²) < 4.78 is 34.7. The van der Waals surface area contributed by atoms with E-state index < -0.39 is 9.84 Å². The number of ether oxygens (including phenoxy) is 2. The van der Waals surface area contributed by atoms with Gasteiger partial charge in [0.05, 0.1) is 17.6 Å². The van der Waals surface area contributed by atoms with Gasteiger partial charge in [-0.25, -0.2) is 8.42 Å². The fourth-order valence-electron chi connectivity index (χ4n) is 4.44. The number of nitrogens with one attached hydrogen (secondary N) is 2. The lowest BCUT2D eigenvalue weighted by Gasteiger charge is -2.57. The van der Waals surface area contributed by atoms with E-state index in [9.17, 15) is 8.42 Å². The number of guanidine groups is 1. The van der Waals surface area contributed by atoms with Crippen LogP contribution in [0.4, 0.5) is 0 Å². The Kier molecular flexibility index (Phi) is 7.99. The minimum atomic E-state index is -2.83. The summed E-state index contributed by atoms with van der Waals surface area (Å²) in [5.74, 6) is 1.54. The fraction of sp³-hybridized carbons (Fsp3) is 0.941. The highest BCUT2D eigenvalue weighted by Gasteiger charge is 2.56. The molecule has 3 aliphatic rings. The first-order valence-corrected chi connectivity index (χ1v) is 11.2. The molecule has 1 spiro atoms. The van der Waals surface area contributed by atoms with E-state index >= 15 is 0 Å². The number of halogens is 1. The second-order valence-corrected chi connectivity index (χ2v) is 9.67. The third kappa shape index (κ3) is 4.82. The lowest BCUT2D eigenvalue weighted by molar-refractivity contribution is -0.169. The molecule has 2 heterocycles. The van der Waals surface area contributed by atoms with Crippen molar-refractivity contribution < 1.29 is 17.9 Å². The molecule has 0 amide bonds. The second-order valence-electron chi connectivity index (χ2n) is 7.44. The molecule has 3 rings (SSSR count). The number of hydrogen-bond donors (Lipinski definition) is 2. The summed E-state index contributed by atoms with van der Waals surface area (Å²) in [6, 6.07) is 0.325. The van der Waals surface area contributed by atoms with Crippen LogP contribution in [0.15, 0.2) is 4.99 Å². The molecule has 0 bridgehead atoms. The van der Waals surface area contributed by atoms with Crippen LogP contribution in [-0.4, -0.2) is 71.4 Å². The molecule has 9 heteroatoms. The highest BCUT2D eigenvalue weighted by atomic mass is 127. The Hall–Kier alpha value is -0.130. The molecule has 2 N–H and O–H groups in total. The van der Waals surface area contributed by atoms with E-state index in [1.54, 1.807) is 7.05 Å².